The third-order valence-electron chi connectivity index (χ3n) is 3.88. The molecule has 2 rings (SSSR count). The predicted molar refractivity (Wildman–Crippen MR) is 113 cm³/mol. The number of carbonyl (C=O) groups is 1. The molecule has 2 aromatic carbocycles. The number of hydrogen-bond donors (Lipinski definition) is 1. The summed E-state index contributed by atoms with van der Waals surface area (Å²) in [7, 11) is 0. The summed E-state index contributed by atoms with van der Waals surface area (Å²) in [6.07, 6.45) is 1.61. The zero-order valence-corrected chi connectivity index (χ0v) is 18.4. The topological polar surface area (TPSA) is 50.7 Å². The maximum atomic E-state index is 12.0. The number of nitrogens with zero attached hydrogens (tertiary/aromatic N) is 1. The van der Waals surface area contributed by atoms with Crippen molar-refractivity contribution in [1.29, 1.82) is 0 Å². The Morgan fingerprint density at radius 3 is 2.50 bits per heavy atom. The van der Waals surface area contributed by atoms with E-state index >= 15 is 0 Å². The first-order valence-corrected chi connectivity index (χ1v) is 9.88. The summed E-state index contributed by atoms with van der Waals surface area (Å²) < 4.78 is 7.65. The third kappa shape index (κ3) is 5.42. The molecule has 2 aromatic rings. The van der Waals surface area contributed by atoms with Crippen molar-refractivity contribution in [2.75, 3.05) is 6.61 Å². The molecule has 0 saturated heterocycles. The van der Waals surface area contributed by atoms with Crippen molar-refractivity contribution in [2.45, 2.75) is 33.6 Å². The smallest absolute Gasteiger partial charge is 0.277 e. The number of hydrazone groups is 1. The van der Waals surface area contributed by atoms with Gasteiger partial charge in [0.15, 0.2) is 6.61 Å². The van der Waals surface area contributed by atoms with Gasteiger partial charge in [0.05, 0.1) is 10.7 Å². The van der Waals surface area contributed by atoms with E-state index in [0.29, 0.717) is 5.75 Å². The van der Waals surface area contributed by atoms with Gasteiger partial charge >= 0.3 is 0 Å². The van der Waals surface area contributed by atoms with E-state index in [1.54, 1.807) is 6.21 Å². The van der Waals surface area contributed by atoms with Crippen LogP contribution in [0.25, 0.3) is 0 Å². The lowest BCUT2D eigenvalue weighted by Crippen LogP contribution is -2.25. The van der Waals surface area contributed by atoms with Gasteiger partial charge in [0.25, 0.3) is 5.91 Å². The molecule has 4 nitrogen and oxygen atoms in total. The SMILES string of the molecule is Cc1ccc(/C=N\NC(=O)COc2c(C(C)C)cc(Br)c(C)c2Br)cc1. The van der Waals surface area contributed by atoms with Gasteiger partial charge in [0, 0.05) is 4.47 Å². The Labute approximate surface area is 171 Å². The third-order valence-corrected chi connectivity index (χ3v) is 5.66. The second-order valence-corrected chi connectivity index (χ2v) is 8.01. The number of amides is 1. The highest BCUT2D eigenvalue weighted by Gasteiger charge is 2.17. The molecule has 0 radical (unpaired) electrons. The Balaban J connectivity index is 2.01. The molecule has 0 fully saturated rings. The summed E-state index contributed by atoms with van der Waals surface area (Å²) in [5.74, 6) is 0.648. The van der Waals surface area contributed by atoms with Crippen LogP contribution in [0.3, 0.4) is 0 Å². The van der Waals surface area contributed by atoms with Crippen molar-refractivity contribution in [1.82, 2.24) is 5.43 Å². The van der Waals surface area contributed by atoms with Crippen molar-refractivity contribution in [3.8, 4) is 5.75 Å². The summed E-state index contributed by atoms with van der Waals surface area (Å²) in [6, 6.07) is 9.91. The van der Waals surface area contributed by atoms with Gasteiger partial charge in [-0.25, -0.2) is 5.43 Å². The molecule has 0 aromatic heterocycles. The molecule has 0 saturated carbocycles. The minimum atomic E-state index is -0.310. The summed E-state index contributed by atoms with van der Waals surface area (Å²) in [5.41, 5.74) is 6.65. The number of aryl methyl sites for hydroxylation is 1. The highest BCUT2D eigenvalue weighted by molar-refractivity contribution is 9.11. The number of rotatable bonds is 6. The van der Waals surface area contributed by atoms with Crippen LogP contribution in [0.2, 0.25) is 0 Å². The summed E-state index contributed by atoms with van der Waals surface area (Å²) >= 11 is 7.13. The second kappa shape index (κ2) is 9.33. The average molecular weight is 482 g/mol. The number of benzene rings is 2. The maximum absolute atomic E-state index is 12.0. The van der Waals surface area contributed by atoms with Crippen molar-refractivity contribution in [3.63, 3.8) is 0 Å². The number of ether oxygens (including phenoxy) is 1. The normalized spacial score (nSPS) is 11.2. The van der Waals surface area contributed by atoms with Crippen LogP contribution in [0.4, 0.5) is 0 Å². The molecule has 0 atom stereocenters. The number of nitrogens with one attached hydrogen (secondary N) is 1. The Hall–Kier alpha value is -1.66. The zero-order chi connectivity index (χ0) is 19.3. The first-order chi connectivity index (χ1) is 12.3. The monoisotopic (exact) mass is 480 g/mol. The Kier molecular flexibility index (Phi) is 7.41. The van der Waals surface area contributed by atoms with E-state index in [0.717, 1.165) is 25.6 Å². The van der Waals surface area contributed by atoms with E-state index in [1.165, 1.54) is 5.56 Å². The van der Waals surface area contributed by atoms with Crippen LogP contribution in [-0.4, -0.2) is 18.7 Å². The van der Waals surface area contributed by atoms with Gasteiger partial charge < -0.3 is 4.74 Å². The fourth-order valence-electron chi connectivity index (χ4n) is 2.29. The van der Waals surface area contributed by atoms with Gasteiger partial charge in [-0.1, -0.05) is 59.6 Å². The number of carbonyl (C=O) groups excluding carboxylic acids is 1. The summed E-state index contributed by atoms with van der Waals surface area (Å²) in [6.45, 7) is 8.07. The minimum Gasteiger partial charge on any atom is -0.482 e. The Morgan fingerprint density at radius 2 is 1.88 bits per heavy atom. The second-order valence-electron chi connectivity index (χ2n) is 6.36. The first kappa shape index (κ1) is 20.6. The Morgan fingerprint density at radius 1 is 1.23 bits per heavy atom. The molecular weight excluding hydrogens is 460 g/mol. The lowest BCUT2D eigenvalue weighted by molar-refractivity contribution is -0.123. The molecule has 1 N–H and O–H groups in total. The summed E-state index contributed by atoms with van der Waals surface area (Å²) in [4.78, 5) is 12.0. The predicted octanol–water partition coefficient (Wildman–Crippen LogP) is 5.48. The van der Waals surface area contributed by atoms with Crippen LogP contribution in [-0.2, 0) is 4.79 Å². The fourth-order valence-corrected chi connectivity index (χ4v) is 3.56. The van der Waals surface area contributed by atoms with E-state index in [-0.39, 0.29) is 18.4 Å². The van der Waals surface area contributed by atoms with Crippen molar-refractivity contribution < 1.29 is 9.53 Å². The van der Waals surface area contributed by atoms with Crippen LogP contribution in [0.1, 0.15) is 42.0 Å². The van der Waals surface area contributed by atoms with Gasteiger partial charge in [-0.05, 0) is 58.5 Å². The van der Waals surface area contributed by atoms with E-state index in [9.17, 15) is 4.79 Å². The molecule has 0 spiro atoms. The number of halogens is 2. The van der Waals surface area contributed by atoms with Crippen LogP contribution < -0.4 is 10.2 Å². The molecule has 138 valence electrons. The van der Waals surface area contributed by atoms with Crippen LogP contribution >= 0.6 is 31.9 Å². The van der Waals surface area contributed by atoms with Crippen LogP contribution in [0, 0.1) is 13.8 Å². The van der Waals surface area contributed by atoms with Crippen molar-refractivity contribution >= 4 is 44.0 Å². The average Bonchev–Trinajstić information content (AvgIpc) is 2.60. The van der Waals surface area contributed by atoms with E-state index in [1.807, 2.05) is 44.2 Å². The van der Waals surface area contributed by atoms with Gasteiger partial charge in [-0.2, -0.15) is 5.10 Å². The largest absolute Gasteiger partial charge is 0.482 e. The quantitative estimate of drug-likeness (QED) is 0.438. The maximum Gasteiger partial charge on any atom is 0.277 e. The van der Waals surface area contributed by atoms with Crippen molar-refractivity contribution in [3.05, 3.63) is 61.5 Å². The molecule has 0 heterocycles. The number of hydrogen-bond acceptors (Lipinski definition) is 3. The van der Waals surface area contributed by atoms with E-state index in [2.05, 4.69) is 56.2 Å². The van der Waals surface area contributed by atoms with Crippen molar-refractivity contribution in [2.24, 2.45) is 5.10 Å². The van der Waals surface area contributed by atoms with E-state index < -0.39 is 0 Å². The summed E-state index contributed by atoms with van der Waals surface area (Å²) in [5, 5.41) is 3.97. The van der Waals surface area contributed by atoms with Gasteiger partial charge in [0.1, 0.15) is 5.75 Å². The fraction of sp³-hybridized carbons (Fsp3) is 0.300. The lowest BCUT2D eigenvalue weighted by atomic mass is 10.0. The lowest BCUT2D eigenvalue weighted by Gasteiger charge is -2.18. The molecule has 0 aliphatic rings. The molecule has 0 aliphatic carbocycles. The standard InChI is InChI=1S/C20H22Br2N2O2/c1-12(2)16-9-17(21)14(4)19(22)20(16)26-11-18(25)24-23-10-15-7-5-13(3)6-8-15/h5-10,12H,11H2,1-4H3,(H,24,25)/b23-10-. The minimum absolute atomic E-state index is 0.107. The highest BCUT2D eigenvalue weighted by Crippen LogP contribution is 2.40. The highest BCUT2D eigenvalue weighted by atomic mass is 79.9. The molecule has 0 aliphatic heterocycles. The van der Waals surface area contributed by atoms with Crippen LogP contribution in [0.5, 0.6) is 5.75 Å². The molecular formula is C20H22Br2N2O2. The van der Waals surface area contributed by atoms with Gasteiger partial charge in [-0.3, -0.25) is 4.79 Å². The Bertz CT molecular complexity index is 816. The molecule has 26 heavy (non-hydrogen) atoms. The molecule has 6 heteroatoms. The van der Waals surface area contributed by atoms with E-state index in [4.69, 9.17) is 4.74 Å². The molecule has 1 amide bonds. The first-order valence-electron chi connectivity index (χ1n) is 8.29. The van der Waals surface area contributed by atoms with Gasteiger partial charge in [-0.15, -0.1) is 0 Å². The molecule has 0 bridgehead atoms. The van der Waals surface area contributed by atoms with Crippen LogP contribution in [0.15, 0.2) is 44.4 Å². The zero-order valence-electron chi connectivity index (χ0n) is 15.3. The van der Waals surface area contributed by atoms with Gasteiger partial charge in [0.2, 0.25) is 0 Å². The molecule has 0 unspecified atom stereocenters.